The fraction of sp³-hybridized carbons (Fsp3) is 0.472. The monoisotopic (exact) mass is 853 g/mol. The highest BCUT2D eigenvalue weighted by molar-refractivity contribution is 6.03. The largest absolute Gasteiger partial charge is 0.492 e. The van der Waals surface area contributed by atoms with E-state index in [4.69, 9.17) is 24.2 Å². The number of carbonyl (C=O) groups excluding carboxylic acids is 1. The van der Waals surface area contributed by atoms with Crippen molar-refractivity contribution in [3.05, 3.63) is 132 Å². The van der Waals surface area contributed by atoms with Crippen molar-refractivity contribution < 1.29 is 34.1 Å². The first kappa shape index (κ1) is 43.3. The molecule has 10 nitrogen and oxygen atoms in total. The van der Waals surface area contributed by atoms with E-state index in [-0.39, 0.29) is 55.3 Å². The van der Waals surface area contributed by atoms with Crippen LogP contribution in [0.1, 0.15) is 80.4 Å². The molecule has 9 rings (SSSR count). The molecule has 0 spiro atoms. The maximum atomic E-state index is 15.1. The third-order valence-electron chi connectivity index (χ3n) is 13.9. The van der Waals surface area contributed by atoms with Gasteiger partial charge in [-0.15, -0.1) is 6.58 Å². The SMILES string of the molecule is C=CCOC12Oc3ccc(OCCN4CC4)cc3C3C(CCCCO)C(CCCCO)C=C(C(=NOCc4ccccc4)CC1N(Cc1cccc4ccccc14)C(=O)C1CC1)C32. The van der Waals surface area contributed by atoms with Gasteiger partial charge in [0.15, 0.2) is 0 Å². The highest BCUT2D eigenvalue weighted by Gasteiger charge is 2.66. The van der Waals surface area contributed by atoms with Crippen molar-refractivity contribution in [3.63, 3.8) is 0 Å². The minimum absolute atomic E-state index is 0.0741. The summed E-state index contributed by atoms with van der Waals surface area (Å²) in [6, 6.07) is 30.4. The number of hydrogen-bond acceptors (Lipinski definition) is 9. The van der Waals surface area contributed by atoms with E-state index in [0.717, 1.165) is 108 Å². The molecule has 2 heterocycles. The summed E-state index contributed by atoms with van der Waals surface area (Å²) in [4.78, 5) is 25.9. The van der Waals surface area contributed by atoms with Crippen molar-refractivity contribution in [1.82, 2.24) is 9.80 Å². The topological polar surface area (TPSA) is 113 Å². The van der Waals surface area contributed by atoms with Crippen LogP contribution in [0.3, 0.4) is 0 Å². The summed E-state index contributed by atoms with van der Waals surface area (Å²) in [5.41, 5.74) is 4.97. The van der Waals surface area contributed by atoms with Gasteiger partial charge >= 0.3 is 0 Å². The fourth-order valence-electron chi connectivity index (χ4n) is 10.6. The maximum Gasteiger partial charge on any atom is 0.239 e. The average Bonchev–Trinajstić information content (AvgIpc) is 4.26. The summed E-state index contributed by atoms with van der Waals surface area (Å²) in [7, 11) is 0. The van der Waals surface area contributed by atoms with E-state index in [0.29, 0.717) is 39.0 Å². The zero-order chi connectivity index (χ0) is 43.2. The zero-order valence-corrected chi connectivity index (χ0v) is 36.5. The lowest BCUT2D eigenvalue weighted by atomic mass is 9.55. The second-order valence-electron chi connectivity index (χ2n) is 18.1. The third-order valence-corrected chi connectivity index (χ3v) is 13.9. The van der Waals surface area contributed by atoms with Gasteiger partial charge in [0.05, 0.1) is 18.2 Å². The smallest absolute Gasteiger partial charge is 0.239 e. The van der Waals surface area contributed by atoms with Gasteiger partial charge < -0.3 is 34.2 Å². The normalized spacial score (nSPS) is 25.4. The molecular weight excluding hydrogens is 791 g/mol. The molecule has 2 N–H and O–H groups in total. The Morgan fingerprint density at radius 3 is 2.49 bits per heavy atom. The van der Waals surface area contributed by atoms with Gasteiger partial charge in [0.25, 0.3) is 0 Å². The van der Waals surface area contributed by atoms with Gasteiger partial charge in [0.2, 0.25) is 11.7 Å². The minimum Gasteiger partial charge on any atom is -0.492 e. The number of fused-ring (bicyclic) bond motifs is 3. The highest BCUT2D eigenvalue weighted by Crippen LogP contribution is 2.62. The standard InChI is InChI=1S/C53H63N3O7/c1-2-30-61-53-49(56(52(59)39-21-22-39)35-41-18-12-17-38-15-6-7-19-43(38)41)34-47(54-62-36-37-13-4-3-5-14-37)45-32-40(16-8-10-28-57)44(20-9-11-29-58)50(51(45)53)46-33-42(23-24-48(46)63-53)60-31-27-55-25-26-55/h2-7,12-15,17-19,23-24,32-33,39-40,44,49-51,57-58H,1,8-11,16,20-22,25-31,34-36H2. The molecule has 5 aliphatic rings. The molecule has 3 fully saturated rings. The summed E-state index contributed by atoms with van der Waals surface area (Å²) < 4.78 is 21.2. The Balaban J connectivity index is 1.23. The molecule has 2 aliphatic heterocycles. The molecule has 2 saturated carbocycles. The number of amides is 1. The quantitative estimate of drug-likeness (QED) is 0.0350. The number of aliphatic hydroxyl groups excluding tert-OH is 2. The summed E-state index contributed by atoms with van der Waals surface area (Å²) >= 11 is 0. The van der Waals surface area contributed by atoms with Gasteiger partial charge in [0.1, 0.15) is 30.8 Å². The van der Waals surface area contributed by atoms with Crippen molar-refractivity contribution in [2.24, 2.45) is 28.8 Å². The Hall–Kier alpha value is -5.00. The Morgan fingerprint density at radius 1 is 0.937 bits per heavy atom. The predicted octanol–water partition coefficient (Wildman–Crippen LogP) is 8.81. The van der Waals surface area contributed by atoms with E-state index in [1.807, 2.05) is 42.5 Å². The number of nitrogens with zero attached hydrogens (tertiary/aromatic N) is 3. The van der Waals surface area contributed by atoms with Crippen molar-refractivity contribution in [2.75, 3.05) is 46.1 Å². The zero-order valence-electron chi connectivity index (χ0n) is 36.5. The highest BCUT2D eigenvalue weighted by atomic mass is 16.7. The van der Waals surface area contributed by atoms with Crippen molar-refractivity contribution >= 4 is 22.4 Å². The number of hydrogen-bond donors (Lipinski definition) is 2. The van der Waals surface area contributed by atoms with Crippen LogP contribution in [0.5, 0.6) is 11.5 Å². The molecule has 1 amide bonds. The van der Waals surface area contributed by atoms with E-state index in [9.17, 15) is 10.2 Å². The molecule has 0 radical (unpaired) electrons. The van der Waals surface area contributed by atoms with Crippen LogP contribution < -0.4 is 9.47 Å². The van der Waals surface area contributed by atoms with Crippen molar-refractivity contribution in [1.29, 1.82) is 0 Å². The first-order chi connectivity index (χ1) is 31.0. The van der Waals surface area contributed by atoms with Crippen LogP contribution in [0.4, 0.5) is 0 Å². The number of carbonyl (C=O) groups is 1. The lowest BCUT2D eigenvalue weighted by Gasteiger charge is -2.60. The van der Waals surface area contributed by atoms with Crippen LogP contribution in [0.2, 0.25) is 0 Å². The first-order valence-electron chi connectivity index (χ1n) is 23.4. The molecule has 4 aromatic carbocycles. The number of oxime groups is 1. The van der Waals surface area contributed by atoms with Crippen LogP contribution in [-0.4, -0.2) is 89.5 Å². The molecule has 63 heavy (non-hydrogen) atoms. The van der Waals surface area contributed by atoms with Gasteiger partial charge in [-0.2, -0.15) is 0 Å². The summed E-state index contributed by atoms with van der Waals surface area (Å²) in [5, 5.41) is 27.3. The Bertz CT molecular complexity index is 2270. The van der Waals surface area contributed by atoms with Crippen molar-refractivity contribution in [3.8, 4) is 11.5 Å². The van der Waals surface area contributed by atoms with Gasteiger partial charge in [-0.1, -0.05) is 103 Å². The van der Waals surface area contributed by atoms with Gasteiger partial charge in [-0.25, -0.2) is 0 Å². The molecule has 1 saturated heterocycles. The van der Waals surface area contributed by atoms with E-state index in [2.05, 4.69) is 71.0 Å². The van der Waals surface area contributed by atoms with Crippen LogP contribution in [0, 0.1) is 23.7 Å². The molecule has 4 aromatic rings. The Labute approximate surface area is 372 Å². The molecule has 3 aliphatic carbocycles. The maximum absolute atomic E-state index is 15.1. The Kier molecular flexibility index (Phi) is 13.6. The number of aliphatic hydroxyl groups is 2. The molecule has 6 atom stereocenters. The van der Waals surface area contributed by atoms with Gasteiger partial charge in [-0.05, 0) is 96.0 Å². The lowest BCUT2D eigenvalue weighted by molar-refractivity contribution is -0.258. The second-order valence-corrected chi connectivity index (χ2v) is 18.1. The molecule has 332 valence electrons. The summed E-state index contributed by atoms with van der Waals surface area (Å²) in [5.74, 6) is -0.00148. The number of ether oxygens (including phenoxy) is 3. The van der Waals surface area contributed by atoms with Crippen LogP contribution in [0.15, 0.2) is 120 Å². The third kappa shape index (κ3) is 9.46. The predicted molar refractivity (Wildman–Crippen MR) is 245 cm³/mol. The molecular formula is C53H63N3O7. The molecule has 0 aromatic heterocycles. The Morgan fingerprint density at radius 2 is 1.71 bits per heavy atom. The minimum atomic E-state index is -1.32. The molecule has 6 unspecified atom stereocenters. The van der Waals surface area contributed by atoms with Crippen LogP contribution in [0.25, 0.3) is 10.8 Å². The second kappa shape index (κ2) is 19.8. The van der Waals surface area contributed by atoms with E-state index < -0.39 is 11.8 Å². The summed E-state index contributed by atoms with van der Waals surface area (Å²) in [6.07, 6.45) is 11.1. The first-order valence-corrected chi connectivity index (χ1v) is 23.4. The van der Waals surface area contributed by atoms with E-state index >= 15 is 4.79 Å². The number of allylic oxidation sites excluding steroid dienone is 1. The fourth-order valence-corrected chi connectivity index (χ4v) is 10.6. The summed E-state index contributed by atoms with van der Waals surface area (Å²) in [6.45, 7) is 8.98. The van der Waals surface area contributed by atoms with Crippen molar-refractivity contribution in [2.45, 2.75) is 88.7 Å². The van der Waals surface area contributed by atoms with Gasteiger partial charge in [0, 0.05) is 63.2 Å². The lowest BCUT2D eigenvalue weighted by Crippen LogP contribution is -2.70. The molecule has 0 bridgehead atoms. The average molecular weight is 854 g/mol. The number of unbranched alkanes of at least 4 members (excludes halogenated alkanes) is 2. The van der Waals surface area contributed by atoms with E-state index in [1.54, 1.807) is 6.08 Å². The van der Waals surface area contributed by atoms with Crippen LogP contribution in [-0.2, 0) is 27.5 Å². The van der Waals surface area contributed by atoms with E-state index in [1.165, 1.54) is 0 Å². The van der Waals surface area contributed by atoms with Gasteiger partial charge in [-0.3, -0.25) is 9.69 Å². The number of rotatable bonds is 22. The number of benzene rings is 4. The van der Waals surface area contributed by atoms with Crippen LogP contribution >= 0.6 is 0 Å². The molecule has 10 heteroatoms.